The van der Waals surface area contributed by atoms with E-state index in [2.05, 4.69) is 47.3 Å². The smallest absolute Gasteiger partial charge is 0.0483 e. The molecule has 0 aliphatic carbocycles. The van der Waals surface area contributed by atoms with E-state index in [0.29, 0.717) is 0 Å². The summed E-state index contributed by atoms with van der Waals surface area (Å²) in [4.78, 5) is 0. The molecule has 0 spiro atoms. The highest BCUT2D eigenvalue weighted by atomic mass is 15.0. The maximum atomic E-state index is 3.24. The minimum Gasteiger partial charge on any atom is -0.347 e. The Hall–Kier alpha value is -1.28. The summed E-state index contributed by atoms with van der Waals surface area (Å²) < 4.78 is 2.40. The molecule has 0 unspecified atom stereocenters. The highest BCUT2D eigenvalue weighted by Gasteiger charge is 2.06. The number of aryl methyl sites for hydroxylation is 1. The zero-order chi connectivity index (χ0) is 12.1. The lowest BCUT2D eigenvalue weighted by Crippen LogP contribution is -2.04. The molecule has 1 aromatic carbocycles. The first-order valence-electron chi connectivity index (χ1n) is 6.58. The van der Waals surface area contributed by atoms with Crippen molar-refractivity contribution in [1.29, 1.82) is 0 Å². The number of hydrogen-bond acceptors (Lipinski definition) is 1. The van der Waals surface area contributed by atoms with Gasteiger partial charge < -0.3 is 9.88 Å². The minimum atomic E-state index is 0.946. The third-order valence-electron chi connectivity index (χ3n) is 3.24. The SMILES string of the molecule is CCCCCn1cc(CNC)c2ccccc21. The number of nitrogens with zero attached hydrogens (tertiary/aromatic N) is 1. The fraction of sp³-hybridized carbons (Fsp3) is 0.467. The molecule has 92 valence electrons. The molecule has 0 aliphatic heterocycles. The molecule has 0 amide bonds. The highest BCUT2D eigenvalue weighted by Crippen LogP contribution is 2.21. The van der Waals surface area contributed by atoms with Gasteiger partial charge in [-0.2, -0.15) is 0 Å². The number of para-hydroxylation sites is 1. The van der Waals surface area contributed by atoms with Crippen molar-refractivity contribution in [3.63, 3.8) is 0 Å². The number of hydrogen-bond donors (Lipinski definition) is 1. The van der Waals surface area contributed by atoms with Gasteiger partial charge in [0.05, 0.1) is 0 Å². The predicted molar refractivity (Wildman–Crippen MR) is 74.2 cm³/mol. The van der Waals surface area contributed by atoms with Gasteiger partial charge in [-0.15, -0.1) is 0 Å². The first-order chi connectivity index (χ1) is 8.36. The molecule has 2 aromatic rings. The Balaban J connectivity index is 2.28. The average molecular weight is 230 g/mol. The van der Waals surface area contributed by atoms with Crippen LogP contribution in [-0.2, 0) is 13.1 Å². The molecule has 0 radical (unpaired) electrons. The quantitative estimate of drug-likeness (QED) is 0.751. The van der Waals surface area contributed by atoms with Crippen molar-refractivity contribution >= 4 is 10.9 Å². The van der Waals surface area contributed by atoms with Crippen molar-refractivity contribution < 1.29 is 0 Å². The van der Waals surface area contributed by atoms with Gasteiger partial charge in [-0.25, -0.2) is 0 Å². The second kappa shape index (κ2) is 5.87. The maximum absolute atomic E-state index is 3.24. The van der Waals surface area contributed by atoms with E-state index in [1.54, 1.807) is 0 Å². The van der Waals surface area contributed by atoms with Crippen molar-refractivity contribution in [2.24, 2.45) is 0 Å². The third kappa shape index (κ3) is 2.70. The second-order valence-corrected chi connectivity index (χ2v) is 4.60. The van der Waals surface area contributed by atoms with Gasteiger partial charge in [0.1, 0.15) is 0 Å². The van der Waals surface area contributed by atoms with Crippen molar-refractivity contribution in [3.8, 4) is 0 Å². The van der Waals surface area contributed by atoms with Gasteiger partial charge in [0.2, 0.25) is 0 Å². The van der Waals surface area contributed by atoms with Gasteiger partial charge in [0.15, 0.2) is 0 Å². The van der Waals surface area contributed by atoms with Crippen LogP contribution in [0.4, 0.5) is 0 Å². The molecule has 2 nitrogen and oxygen atoms in total. The molecule has 1 aromatic heterocycles. The average Bonchev–Trinajstić information content (AvgIpc) is 2.70. The summed E-state index contributed by atoms with van der Waals surface area (Å²) in [6.07, 6.45) is 6.17. The van der Waals surface area contributed by atoms with Crippen molar-refractivity contribution in [3.05, 3.63) is 36.0 Å². The second-order valence-electron chi connectivity index (χ2n) is 4.60. The summed E-state index contributed by atoms with van der Waals surface area (Å²) in [5.74, 6) is 0. The molecule has 0 aliphatic rings. The molecule has 1 N–H and O–H groups in total. The Labute approximate surface area is 104 Å². The fourth-order valence-corrected chi connectivity index (χ4v) is 2.37. The van der Waals surface area contributed by atoms with Crippen molar-refractivity contribution in [2.75, 3.05) is 7.05 Å². The van der Waals surface area contributed by atoms with Crippen molar-refractivity contribution in [2.45, 2.75) is 39.3 Å². The van der Waals surface area contributed by atoms with Crippen LogP contribution in [0.2, 0.25) is 0 Å². The molecule has 2 rings (SSSR count). The van der Waals surface area contributed by atoms with Crippen LogP contribution in [0.15, 0.2) is 30.5 Å². The van der Waals surface area contributed by atoms with Crippen molar-refractivity contribution in [1.82, 2.24) is 9.88 Å². The summed E-state index contributed by atoms with van der Waals surface area (Å²) >= 11 is 0. The first-order valence-corrected chi connectivity index (χ1v) is 6.58. The molecule has 1 heterocycles. The van der Waals surface area contributed by atoms with Crippen LogP contribution < -0.4 is 5.32 Å². The Bertz CT molecular complexity index is 471. The topological polar surface area (TPSA) is 17.0 Å². The molecule has 17 heavy (non-hydrogen) atoms. The lowest BCUT2D eigenvalue weighted by atomic mass is 10.2. The normalized spacial score (nSPS) is 11.2. The van der Waals surface area contributed by atoms with Crippen LogP contribution in [0.3, 0.4) is 0 Å². The lowest BCUT2D eigenvalue weighted by Gasteiger charge is -2.03. The number of rotatable bonds is 6. The summed E-state index contributed by atoms with van der Waals surface area (Å²) in [5.41, 5.74) is 2.77. The van der Waals surface area contributed by atoms with Crippen LogP contribution in [0.5, 0.6) is 0 Å². The minimum absolute atomic E-state index is 0.946. The van der Waals surface area contributed by atoms with Crippen LogP contribution in [0.1, 0.15) is 31.7 Å². The Morgan fingerprint density at radius 2 is 2.00 bits per heavy atom. The van der Waals surface area contributed by atoms with E-state index in [9.17, 15) is 0 Å². The molecular formula is C15H22N2. The maximum Gasteiger partial charge on any atom is 0.0483 e. The van der Waals surface area contributed by atoms with Gasteiger partial charge in [-0.1, -0.05) is 38.0 Å². The Morgan fingerprint density at radius 1 is 1.18 bits per heavy atom. The number of benzene rings is 1. The Kier molecular flexibility index (Phi) is 4.21. The van der Waals surface area contributed by atoms with E-state index < -0.39 is 0 Å². The highest BCUT2D eigenvalue weighted by molar-refractivity contribution is 5.83. The van der Waals surface area contributed by atoms with E-state index in [-0.39, 0.29) is 0 Å². The molecular weight excluding hydrogens is 208 g/mol. The van der Waals surface area contributed by atoms with Gasteiger partial charge in [-0.3, -0.25) is 0 Å². The van der Waals surface area contributed by atoms with Crippen LogP contribution in [0, 0.1) is 0 Å². The monoisotopic (exact) mass is 230 g/mol. The number of unbranched alkanes of at least 4 members (excludes halogenated alkanes) is 2. The van der Waals surface area contributed by atoms with Gasteiger partial charge >= 0.3 is 0 Å². The van der Waals surface area contributed by atoms with E-state index in [1.165, 1.54) is 35.7 Å². The standard InChI is InChI=1S/C15H22N2/c1-3-4-7-10-17-12-13(11-16-2)14-8-5-6-9-15(14)17/h5-6,8-9,12,16H,3-4,7,10-11H2,1-2H3. The van der Waals surface area contributed by atoms with Crippen LogP contribution in [0.25, 0.3) is 10.9 Å². The van der Waals surface area contributed by atoms with E-state index in [0.717, 1.165) is 13.1 Å². The summed E-state index contributed by atoms with van der Waals surface area (Å²) in [5, 5.41) is 4.63. The van der Waals surface area contributed by atoms with Crippen LogP contribution in [-0.4, -0.2) is 11.6 Å². The molecule has 0 saturated carbocycles. The molecule has 0 bridgehead atoms. The zero-order valence-electron chi connectivity index (χ0n) is 10.9. The number of nitrogens with one attached hydrogen (secondary N) is 1. The van der Waals surface area contributed by atoms with E-state index in [1.807, 2.05) is 7.05 Å². The predicted octanol–water partition coefficient (Wildman–Crippen LogP) is 3.55. The largest absolute Gasteiger partial charge is 0.347 e. The summed E-state index contributed by atoms with van der Waals surface area (Å²) in [6.45, 7) is 4.33. The molecule has 0 saturated heterocycles. The molecule has 2 heteroatoms. The molecule has 0 atom stereocenters. The summed E-state index contributed by atoms with van der Waals surface area (Å²) in [7, 11) is 2.00. The summed E-state index contributed by atoms with van der Waals surface area (Å²) in [6, 6.07) is 8.69. The lowest BCUT2D eigenvalue weighted by molar-refractivity contribution is 0.614. The molecule has 0 fully saturated rings. The van der Waals surface area contributed by atoms with Gasteiger partial charge in [-0.05, 0) is 25.1 Å². The van der Waals surface area contributed by atoms with E-state index in [4.69, 9.17) is 0 Å². The first kappa shape index (κ1) is 12.2. The number of aromatic nitrogens is 1. The Morgan fingerprint density at radius 3 is 2.76 bits per heavy atom. The fourth-order valence-electron chi connectivity index (χ4n) is 2.37. The number of fused-ring (bicyclic) bond motifs is 1. The van der Waals surface area contributed by atoms with Gasteiger partial charge in [0.25, 0.3) is 0 Å². The third-order valence-corrected chi connectivity index (χ3v) is 3.24. The van der Waals surface area contributed by atoms with E-state index >= 15 is 0 Å². The zero-order valence-corrected chi connectivity index (χ0v) is 10.9. The van der Waals surface area contributed by atoms with Gasteiger partial charge in [0, 0.05) is 30.2 Å². The van der Waals surface area contributed by atoms with Crippen LogP contribution >= 0.6 is 0 Å².